The maximum atomic E-state index is 12.1. The van der Waals surface area contributed by atoms with Crippen LogP contribution >= 0.6 is 11.3 Å². The van der Waals surface area contributed by atoms with E-state index >= 15 is 0 Å². The second-order valence-electron chi connectivity index (χ2n) is 4.85. The minimum atomic E-state index is -0.929. The number of carboxylic acids is 1. The van der Waals surface area contributed by atoms with Gasteiger partial charge in [-0.3, -0.25) is 4.79 Å². The Morgan fingerprint density at radius 3 is 2.90 bits per heavy atom. The molecule has 1 aromatic heterocycles. The Hall–Kier alpha value is -1.60. The van der Waals surface area contributed by atoms with E-state index in [0.29, 0.717) is 6.54 Å². The van der Waals surface area contributed by atoms with Gasteiger partial charge in [0.05, 0.1) is 25.8 Å². The van der Waals surface area contributed by atoms with Gasteiger partial charge in [0.25, 0.3) is 0 Å². The number of carboxylic acid groups (broad SMARTS) is 1. The summed E-state index contributed by atoms with van der Waals surface area (Å²) in [4.78, 5) is 25.7. The van der Waals surface area contributed by atoms with Crippen molar-refractivity contribution in [3.63, 3.8) is 0 Å². The summed E-state index contributed by atoms with van der Waals surface area (Å²) in [6.45, 7) is 2.87. The average molecular weight is 298 g/mol. The van der Waals surface area contributed by atoms with Crippen LogP contribution < -0.4 is 5.32 Å². The Bertz CT molecular complexity index is 502. The zero-order valence-corrected chi connectivity index (χ0v) is 12.3. The summed E-state index contributed by atoms with van der Waals surface area (Å²) < 4.78 is 5.17. The van der Waals surface area contributed by atoms with E-state index in [1.807, 2.05) is 18.4 Å². The lowest BCUT2D eigenvalue weighted by molar-refractivity contribution is -0.142. The van der Waals surface area contributed by atoms with Gasteiger partial charge in [-0.15, -0.1) is 11.3 Å². The highest BCUT2D eigenvalue weighted by atomic mass is 32.1. The summed E-state index contributed by atoms with van der Waals surface area (Å²) in [5.41, 5.74) is 1.14. The number of carbonyl (C=O) groups is 2. The van der Waals surface area contributed by atoms with Crippen LogP contribution in [0.5, 0.6) is 0 Å². The molecular weight excluding hydrogens is 280 g/mol. The number of amides is 2. The number of carbonyl (C=O) groups excluding carboxylic acids is 1. The predicted molar refractivity (Wildman–Crippen MR) is 74.8 cm³/mol. The highest BCUT2D eigenvalue weighted by Gasteiger charge is 2.38. The minimum absolute atomic E-state index is 0.154. The van der Waals surface area contributed by atoms with Gasteiger partial charge in [0.2, 0.25) is 0 Å². The van der Waals surface area contributed by atoms with Crippen LogP contribution in [0.4, 0.5) is 4.79 Å². The average Bonchev–Trinajstić information content (AvgIpc) is 3.03. The van der Waals surface area contributed by atoms with Gasteiger partial charge in [-0.25, -0.2) is 4.79 Å². The Morgan fingerprint density at radius 1 is 1.55 bits per heavy atom. The summed E-state index contributed by atoms with van der Waals surface area (Å²) in [6, 6.07) is 1.30. The van der Waals surface area contributed by atoms with E-state index < -0.39 is 17.9 Å². The van der Waals surface area contributed by atoms with E-state index in [0.717, 1.165) is 10.4 Å². The van der Waals surface area contributed by atoms with Gasteiger partial charge >= 0.3 is 12.0 Å². The maximum Gasteiger partial charge on any atom is 0.317 e. The molecular formula is C13H18N2O4S. The lowest BCUT2D eigenvalue weighted by Crippen LogP contribution is -2.48. The fourth-order valence-electron chi connectivity index (χ4n) is 2.18. The molecule has 6 nitrogen and oxygen atoms in total. The fourth-order valence-corrected chi connectivity index (χ4v) is 3.02. The highest BCUT2D eigenvalue weighted by molar-refractivity contribution is 7.10. The molecule has 0 aromatic carbocycles. The first-order chi connectivity index (χ1) is 9.50. The molecule has 2 atom stereocenters. The van der Waals surface area contributed by atoms with Crippen LogP contribution in [0.2, 0.25) is 0 Å². The molecule has 0 saturated carbocycles. The van der Waals surface area contributed by atoms with Crippen molar-refractivity contribution in [2.75, 3.05) is 20.3 Å². The van der Waals surface area contributed by atoms with Gasteiger partial charge < -0.3 is 20.1 Å². The van der Waals surface area contributed by atoms with Crippen molar-refractivity contribution in [2.45, 2.75) is 19.5 Å². The molecule has 0 radical (unpaired) electrons. The van der Waals surface area contributed by atoms with Crippen molar-refractivity contribution in [3.05, 3.63) is 21.9 Å². The molecule has 0 bridgehead atoms. The van der Waals surface area contributed by atoms with Crippen LogP contribution in [0.15, 0.2) is 11.4 Å². The summed E-state index contributed by atoms with van der Waals surface area (Å²) in [5, 5.41) is 13.9. The van der Waals surface area contributed by atoms with E-state index in [9.17, 15) is 9.59 Å². The Kier molecular flexibility index (Phi) is 4.61. The van der Waals surface area contributed by atoms with Crippen molar-refractivity contribution < 1.29 is 19.4 Å². The summed E-state index contributed by atoms with van der Waals surface area (Å²) in [7, 11) is 1.60. The summed E-state index contributed by atoms with van der Waals surface area (Å²) in [5.74, 6) is -1.59. The molecule has 0 spiro atoms. The second-order valence-corrected chi connectivity index (χ2v) is 5.85. The number of nitrogens with one attached hydrogen (secondary N) is 1. The van der Waals surface area contributed by atoms with Gasteiger partial charge in [0.15, 0.2) is 0 Å². The molecule has 110 valence electrons. The zero-order valence-electron chi connectivity index (χ0n) is 11.5. The van der Waals surface area contributed by atoms with Crippen molar-refractivity contribution in [2.24, 2.45) is 5.92 Å². The van der Waals surface area contributed by atoms with Crippen LogP contribution in [0, 0.1) is 12.8 Å². The van der Waals surface area contributed by atoms with E-state index in [4.69, 9.17) is 9.84 Å². The number of rotatable bonds is 4. The summed E-state index contributed by atoms with van der Waals surface area (Å²) in [6.07, 6.45) is 0. The normalized spacial score (nSPS) is 21.7. The van der Waals surface area contributed by atoms with Crippen LogP contribution in [0.1, 0.15) is 10.4 Å². The Morgan fingerprint density at radius 2 is 2.30 bits per heavy atom. The van der Waals surface area contributed by atoms with Crippen LogP contribution in [-0.2, 0) is 16.1 Å². The number of likely N-dealkylation sites (N-methyl/N-ethyl adjacent to an activating group) is 1. The molecule has 1 aliphatic rings. The first-order valence-corrected chi connectivity index (χ1v) is 7.23. The first-order valence-electron chi connectivity index (χ1n) is 6.35. The molecule has 2 heterocycles. The molecule has 0 aliphatic carbocycles. The molecule has 2 unspecified atom stereocenters. The third-order valence-electron chi connectivity index (χ3n) is 3.55. The molecule has 1 aromatic rings. The van der Waals surface area contributed by atoms with Crippen molar-refractivity contribution in [1.82, 2.24) is 10.2 Å². The SMILES string of the molecule is Cc1ccsc1CNC(=O)N(C)C1COCC1C(=O)O. The predicted octanol–water partition coefficient (Wildman–Crippen LogP) is 1.30. The van der Waals surface area contributed by atoms with Crippen LogP contribution in [0.3, 0.4) is 0 Å². The Labute approximate surface area is 121 Å². The Balaban J connectivity index is 1.92. The van der Waals surface area contributed by atoms with Gasteiger partial charge in [0.1, 0.15) is 5.92 Å². The second kappa shape index (κ2) is 6.23. The number of thiophene rings is 1. The number of hydrogen-bond acceptors (Lipinski definition) is 4. The molecule has 1 saturated heterocycles. The highest BCUT2D eigenvalue weighted by Crippen LogP contribution is 2.19. The number of aryl methyl sites for hydroxylation is 1. The maximum absolute atomic E-state index is 12.1. The molecule has 7 heteroatoms. The number of hydrogen-bond donors (Lipinski definition) is 2. The van der Waals surface area contributed by atoms with E-state index in [2.05, 4.69) is 5.32 Å². The third-order valence-corrected chi connectivity index (χ3v) is 4.58. The minimum Gasteiger partial charge on any atom is -0.481 e. The van der Waals surface area contributed by atoms with Gasteiger partial charge in [-0.1, -0.05) is 0 Å². The molecule has 2 amide bonds. The standard InChI is InChI=1S/C13H18N2O4S/c1-8-3-4-20-11(8)5-14-13(18)15(2)10-7-19-6-9(10)12(16)17/h3-4,9-10H,5-7H2,1-2H3,(H,14,18)(H,16,17). The lowest BCUT2D eigenvalue weighted by atomic mass is 10.0. The van der Waals surface area contributed by atoms with Crippen molar-refractivity contribution >= 4 is 23.3 Å². The van der Waals surface area contributed by atoms with Gasteiger partial charge in [-0.05, 0) is 23.9 Å². The van der Waals surface area contributed by atoms with Crippen molar-refractivity contribution in [1.29, 1.82) is 0 Å². The number of urea groups is 1. The van der Waals surface area contributed by atoms with Gasteiger partial charge in [-0.2, -0.15) is 0 Å². The zero-order chi connectivity index (χ0) is 14.7. The number of nitrogens with zero attached hydrogens (tertiary/aromatic N) is 1. The monoisotopic (exact) mass is 298 g/mol. The largest absolute Gasteiger partial charge is 0.481 e. The molecule has 2 N–H and O–H groups in total. The lowest BCUT2D eigenvalue weighted by Gasteiger charge is -2.26. The molecule has 1 fully saturated rings. The summed E-state index contributed by atoms with van der Waals surface area (Å²) >= 11 is 1.59. The smallest absolute Gasteiger partial charge is 0.317 e. The molecule has 1 aliphatic heterocycles. The van der Waals surface area contributed by atoms with Crippen LogP contribution in [-0.4, -0.2) is 48.3 Å². The fraction of sp³-hybridized carbons (Fsp3) is 0.538. The van der Waals surface area contributed by atoms with E-state index in [1.165, 1.54) is 4.90 Å². The first kappa shape index (κ1) is 14.8. The quantitative estimate of drug-likeness (QED) is 0.878. The van der Waals surface area contributed by atoms with E-state index in [-0.39, 0.29) is 19.2 Å². The topological polar surface area (TPSA) is 78.9 Å². The van der Waals surface area contributed by atoms with Crippen LogP contribution in [0.25, 0.3) is 0 Å². The number of aliphatic carboxylic acids is 1. The number of ether oxygens (including phenoxy) is 1. The van der Waals surface area contributed by atoms with Crippen molar-refractivity contribution in [3.8, 4) is 0 Å². The third kappa shape index (κ3) is 3.10. The van der Waals surface area contributed by atoms with Gasteiger partial charge in [0, 0.05) is 11.9 Å². The molecule has 20 heavy (non-hydrogen) atoms. The molecule has 2 rings (SSSR count). The van der Waals surface area contributed by atoms with E-state index in [1.54, 1.807) is 18.4 Å².